The van der Waals surface area contributed by atoms with Crippen molar-refractivity contribution in [1.29, 1.82) is 0 Å². The number of piperidine rings is 1. The first-order valence-electron chi connectivity index (χ1n) is 9.76. The van der Waals surface area contributed by atoms with Crippen LogP contribution in [0.3, 0.4) is 0 Å². The highest BCUT2D eigenvalue weighted by molar-refractivity contribution is 5.94. The van der Waals surface area contributed by atoms with Crippen molar-refractivity contribution >= 4 is 11.8 Å². The molecule has 26 heavy (non-hydrogen) atoms. The van der Waals surface area contributed by atoms with Crippen LogP contribution in [0.4, 0.5) is 0 Å². The van der Waals surface area contributed by atoms with Crippen molar-refractivity contribution in [3.63, 3.8) is 0 Å². The first-order chi connectivity index (χ1) is 12.6. The Labute approximate surface area is 154 Å². The molecule has 2 fully saturated rings. The highest BCUT2D eigenvalue weighted by Gasteiger charge is 2.58. The van der Waals surface area contributed by atoms with Crippen molar-refractivity contribution in [2.24, 2.45) is 11.3 Å². The third kappa shape index (κ3) is 3.39. The van der Waals surface area contributed by atoms with Crippen molar-refractivity contribution in [2.75, 3.05) is 13.1 Å². The first kappa shape index (κ1) is 17.3. The highest BCUT2D eigenvalue weighted by Crippen LogP contribution is 2.59. The second-order valence-electron chi connectivity index (χ2n) is 8.02. The number of aryl methyl sites for hydroxylation is 1. The number of likely N-dealkylation sites (tertiary alicyclic amines) is 1. The monoisotopic (exact) mass is 353 g/mol. The molecule has 0 aromatic carbocycles. The Hall–Kier alpha value is -2.17. The largest absolute Gasteiger partial charge is 0.350 e. The molecular weight excluding hydrogens is 326 g/mol. The molecule has 0 radical (unpaired) electrons. The van der Waals surface area contributed by atoms with Crippen LogP contribution >= 0.6 is 0 Å². The van der Waals surface area contributed by atoms with Crippen LogP contribution in [0, 0.1) is 18.3 Å². The van der Waals surface area contributed by atoms with Crippen LogP contribution in [0.25, 0.3) is 0 Å². The number of hydrogen-bond donors (Lipinski definition) is 1. The van der Waals surface area contributed by atoms with Gasteiger partial charge in [-0.2, -0.15) is 0 Å². The van der Waals surface area contributed by atoms with E-state index in [2.05, 4.69) is 16.4 Å². The Morgan fingerprint density at radius 3 is 2.81 bits per heavy atom. The Balaban J connectivity index is 1.27. The lowest BCUT2D eigenvalue weighted by molar-refractivity contribution is -0.129. The zero-order chi connectivity index (χ0) is 18.1. The molecule has 138 valence electrons. The number of rotatable bonds is 4. The van der Waals surface area contributed by atoms with Gasteiger partial charge in [-0.25, -0.2) is 0 Å². The molecule has 1 aromatic rings. The Bertz CT molecular complexity index is 747. The Kier molecular flexibility index (Phi) is 4.55. The summed E-state index contributed by atoms with van der Waals surface area (Å²) in [6.07, 6.45) is 8.04. The lowest BCUT2D eigenvalue weighted by atomic mass is 9.90. The molecule has 1 N–H and O–H groups in total. The Morgan fingerprint density at radius 2 is 2.12 bits per heavy atom. The summed E-state index contributed by atoms with van der Waals surface area (Å²) < 4.78 is 0. The third-order valence-corrected chi connectivity index (χ3v) is 6.26. The standard InChI is InChI=1S/C21H27N3O2/c1-15-5-4-8-17(23-15)14-22-19(25)18-13-21(18)9-11-24(12-10-21)20(26)16-6-2-3-7-16/h4-6,8,18H,2-3,7,9-14H2,1H3,(H,22,25). The lowest BCUT2D eigenvalue weighted by Gasteiger charge is -2.33. The van der Waals surface area contributed by atoms with Crippen LogP contribution in [0.1, 0.15) is 49.9 Å². The maximum Gasteiger partial charge on any atom is 0.249 e. The van der Waals surface area contributed by atoms with Crippen molar-refractivity contribution in [3.8, 4) is 0 Å². The number of nitrogens with zero attached hydrogens (tertiary/aromatic N) is 2. The zero-order valence-electron chi connectivity index (χ0n) is 15.5. The van der Waals surface area contributed by atoms with E-state index in [-0.39, 0.29) is 23.1 Å². The summed E-state index contributed by atoms with van der Waals surface area (Å²) in [5.41, 5.74) is 2.99. The fourth-order valence-electron chi connectivity index (χ4n) is 4.49. The van der Waals surface area contributed by atoms with Crippen molar-refractivity contribution in [1.82, 2.24) is 15.2 Å². The normalized spacial score (nSPS) is 23.7. The van der Waals surface area contributed by atoms with Crippen LogP contribution in [0.2, 0.25) is 0 Å². The van der Waals surface area contributed by atoms with Crippen LogP contribution in [0.5, 0.6) is 0 Å². The van der Waals surface area contributed by atoms with Gasteiger partial charge in [-0.05, 0) is 63.0 Å². The molecule has 1 saturated heterocycles. The van der Waals surface area contributed by atoms with Gasteiger partial charge >= 0.3 is 0 Å². The molecule has 2 aliphatic carbocycles. The molecule has 2 amide bonds. The fraction of sp³-hybridized carbons (Fsp3) is 0.571. The quantitative estimate of drug-likeness (QED) is 0.905. The van der Waals surface area contributed by atoms with E-state index >= 15 is 0 Å². The zero-order valence-corrected chi connectivity index (χ0v) is 15.5. The fourth-order valence-corrected chi connectivity index (χ4v) is 4.49. The molecule has 4 rings (SSSR count). The van der Waals surface area contributed by atoms with Crippen LogP contribution in [-0.4, -0.2) is 34.8 Å². The molecule has 1 aromatic heterocycles. The molecule has 0 bridgehead atoms. The summed E-state index contributed by atoms with van der Waals surface area (Å²) in [6.45, 7) is 4.03. The van der Waals surface area contributed by atoms with Gasteiger partial charge in [-0.3, -0.25) is 14.6 Å². The second kappa shape index (κ2) is 6.86. The summed E-state index contributed by atoms with van der Waals surface area (Å²) in [6, 6.07) is 5.87. The van der Waals surface area contributed by atoms with Crippen molar-refractivity contribution in [3.05, 3.63) is 41.2 Å². The molecule has 1 spiro atoms. The van der Waals surface area contributed by atoms with Crippen LogP contribution < -0.4 is 5.32 Å². The summed E-state index contributed by atoms with van der Waals surface area (Å²) in [5.74, 6) is 0.478. The van der Waals surface area contributed by atoms with Gasteiger partial charge in [-0.15, -0.1) is 0 Å². The van der Waals surface area contributed by atoms with Gasteiger partial charge in [0.15, 0.2) is 0 Å². The number of pyridine rings is 1. The maximum absolute atomic E-state index is 12.5. The van der Waals surface area contributed by atoms with E-state index in [1.807, 2.05) is 30.0 Å². The molecule has 3 aliphatic rings. The number of amides is 2. The summed E-state index contributed by atoms with van der Waals surface area (Å²) in [4.78, 5) is 31.5. The summed E-state index contributed by atoms with van der Waals surface area (Å²) in [7, 11) is 0. The van der Waals surface area contributed by atoms with Crippen molar-refractivity contribution in [2.45, 2.75) is 52.0 Å². The van der Waals surface area contributed by atoms with Crippen LogP contribution in [0.15, 0.2) is 29.8 Å². The minimum absolute atomic E-state index is 0.107. The molecule has 1 atom stereocenters. The van der Waals surface area contributed by atoms with Gasteiger partial charge in [0.05, 0.1) is 12.2 Å². The highest BCUT2D eigenvalue weighted by atomic mass is 16.2. The molecule has 1 saturated carbocycles. The number of carbonyl (C=O) groups excluding carboxylic acids is 2. The first-order valence-corrected chi connectivity index (χ1v) is 9.76. The second-order valence-corrected chi connectivity index (χ2v) is 8.02. The number of aromatic nitrogens is 1. The van der Waals surface area contributed by atoms with Gasteiger partial charge in [0.2, 0.25) is 11.8 Å². The summed E-state index contributed by atoms with van der Waals surface area (Å²) in [5, 5.41) is 3.05. The topological polar surface area (TPSA) is 62.3 Å². The van der Waals surface area contributed by atoms with E-state index < -0.39 is 0 Å². The third-order valence-electron chi connectivity index (χ3n) is 6.26. The average Bonchev–Trinajstić information content (AvgIpc) is 3.07. The SMILES string of the molecule is Cc1cccc(CNC(=O)C2CC23CCN(C(=O)C2=CCCC2)CC3)n1. The van der Waals surface area contributed by atoms with Gasteiger partial charge < -0.3 is 10.2 Å². The van der Waals surface area contributed by atoms with E-state index in [4.69, 9.17) is 0 Å². The minimum Gasteiger partial charge on any atom is -0.350 e. The smallest absolute Gasteiger partial charge is 0.249 e. The van der Waals surface area contributed by atoms with Gasteiger partial charge in [0, 0.05) is 30.3 Å². The van der Waals surface area contributed by atoms with Gasteiger partial charge in [-0.1, -0.05) is 12.1 Å². The lowest BCUT2D eigenvalue weighted by Crippen LogP contribution is -2.41. The van der Waals surface area contributed by atoms with Crippen molar-refractivity contribution < 1.29 is 9.59 Å². The van der Waals surface area contributed by atoms with E-state index in [0.717, 1.165) is 68.6 Å². The van der Waals surface area contributed by atoms with Crippen LogP contribution in [-0.2, 0) is 16.1 Å². The van der Waals surface area contributed by atoms with Gasteiger partial charge in [0.1, 0.15) is 0 Å². The summed E-state index contributed by atoms with van der Waals surface area (Å²) >= 11 is 0. The molecule has 1 aliphatic heterocycles. The van der Waals surface area contributed by atoms with E-state index in [0.29, 0.717) is 6.54 Å². The predicted molar refractivity (Wildman–Crippen MR) is 99.1 cm³/mol. The number of nitrogens with one attached hydrogen (secondary N) is 1. The molecule has 5 nitrogen and oxygen atoms in total. The molecular formula is C21H27N3O2. The average molecular weight is 353 g/mol. The minimum atomic E-state index is 0.107. The predicted octanol–water partition coefficient (Wildman–Crippen LogP) is 2.75. The van der Waals surface area contributed by atoms with Gasteiger partial charge in [0.25, 0.3) is 0 Å². The molecule has 2 heterocycles. The number of hydrogen-bond acceptors (Lipinski definition) is 3. The number of carbonyl (C=O) groups is 2. The maximum atomic E-state index is 12.5. The Morgan fingerprint density at radius 1 is 1.31 bits per heavy atom. The van der Waals surface area contributed by atoms with E-state index in [9.17, 15) is 9.59 Å². The molecule has 1 unspecified atom stereocenters. The van der Waals surface area contributed by atoms with E-state index in [1.54, 1.807) is 0 Å². The number of allylic oxidation sites excluding steroid dienone is 1. The van der Waals surface area contributed by atoms with E-state index in [1.165, 1.54) is 0 Å². The molecule has 5 heteroatoms.